The molecule has 1 rings (SSSR count). The van der Waals surface area contributed by atoms with Gasteiger partial charge in [0, 0.05) is 0 Å². The molecule has 20 heavy (non-hydrogen) atoms. The molecule has 2 N–H and O–H groups in total. The number of aliphatic carboxylic acids is 1. The second-order valence-electron chi connectivity index (χ2n) is 3.99. The zero-order chi connectivity index (χ0) is 15.7. The largest absolute Gasteiger partial charge is 0.480 e. The van der Waals surface area contributed by atoms with Gasteiger partial charge in [-0.05, 0) is 13.8 Å². The predicted octanol–water partition coefficient (Wildman–Crippen LogP) is 0.425. The molecular weight excluding hydrogens is 303 g/mol. The first-order valence-corrected chi connectivity index (χ1v) is 6.74. The van der Waals surface area contributed by atoms with Gasteiger partial charge in [0.1, 0.15) is 18.0 Å². The van der Waals surface area contributed by atoms with Gasteiger partial charge in [0.2, 0.25) is 10.0 Å². The van der Waals surface area contributed by atoms with E-state index in [0.29, 0.717) is 0 Å². The van der Waals surface area contributed by atoms with Crippen LogP contribution >= 0.6 is 0 Å². The van der Waals surface area contributed by atoms with E-state index in [1.165, 1.54) is 18.6 Å². The SMILES string of the molecule is Cc1nn(CC(=O)O)c(C)c1S(=O)(=O)NCC(F)(F)F. The molecule has 11 heteroatoms. The highest BCUT2D eigenvalue weighted by molar-refractivity contribution is 7.89. The van der Waals surface area contributed by atoms with Crippen LogP contribution in [0.3, 0.4) is 0 Å². The Bertz CT molecular complexity index is 621. The van der Waals surface area contributed by atoms with Crippen LogP contribution in [0, 0.1) is 13.8 Å². The number of hydrogen-bond acceptors (Lipinski definition) is 4. The van der Waals surface area contributed by atoms with Crippen molar-refractivity contribution >= 4 is 16.0 Å². The number of alkyl halides is 3. The highest BCUT2D eigenvalue weighted by atomic mass is 32.2. The van der Waals surface area contributed by atoms with Crippen LogP contribution in [0.25, 0.3) is 0 Å². The van der Waals surface area contributed by atoms with Crippen LogP contribution in [0.15, 0.2) is 4.90 Å². The second-order valence-corrected chi connectivity index (χ2v) is 5.69. The molecular formula is C9H12F3N3O4S. The highest BCUT2D eigenvalue weighted by Gasteiger charge is 2.32. The van der Waals surface area contributed by atoms with E-state index in [0.717, 1.165) is 4.68 Å². The number of carboxylic acid groups (broad SMARTS) is 1. The van der Waals surface area contributed by atoms with Crippen LogP contribution in [-0.2, 0) is 21.4 Å². The molecule has 0 spiro atoms. The summed E-state index contributed by atoms with van der Waals surface area (Å²) in [6.07, 6.45) is -4.69. The molecule has 0 radical (unpaired) electrons. The van der Waals surface area contributed by atoms with Crippen LogP contribution < -0.4 is 4.72 Å². The number of rotatable bonds is 5. The van der Waals surface area contributed by atoms with Crippen molar-refractivity contribution in [3.8, 4) is 0 Å². The van der Waals surface area contributed by atoms with Gasteiger partial charge in [-0.1, -0.05) is 0 Å². The molecule has 0 saturated heterocycles. The quantitative estimate of drug-likeness (QED) is 0.820. The fourth-order valence-corrected chi connectivity index (χ4v) is 3.02. The molecule has 0 bridgehead atoms. The zero-order valence-electron chi connectivity index (χ0n) is 10.5. The maximum absolute atomic E-state index is 12.1. The van der Waals surface area contributed by atoms with Crippen molar-refractivity contribution in [2.24, 2.45) is 0 Å². The van der Waals surface area contributed by atoms with Crippen molar-refractivity contribution in [3.05, 3.63) is 11.4 Å². The van der Waals surface area contributed by atoms with E-state index < -0.39 is 40.2 Å². The molecule has 0 fully saturated rings. The summed E-state index contributed by atoms with van der Waals surface area (Å²) < 4.78 is 62.1. The fourth-order valence-electron chi connectivity index (χ4n) is 1.60. The summed E-state index contributed by atoms with van der Waals surface area (Å²) in [5.41, 5.74) is -0.113. The Morgan fingerprint density at radius 2 is 1.95 bits per heavy atom. The average molecular weight is 315 g/mol. The Morgan fingerprint density at radius 1 is 1.40 bits per heavy atom. The van der Waals surface area contributed by atoms with Gasteiger partial charge in [-0.15, -0.1) is 0 Å². The minimum atomic E-state index is -4.69. The van der Waals surface area contributed by atoms with E-state index in [2.05, 4.69) is 5.10 Å². The Kier molecular flexibility index (Phi) is 4.44. The summed E-state index contributed by atoms with van der Waals surface area (Å²) in [7, 11) is -4.42. The molecule has 0 saturated carbocycles. The number of carboxylic acids is 1. The van der Waals surface area contributed by atoms with E-state index in [1.807, 2.05) is 0 Å². The predicted molar refractivity (Wildman–Crippen MR) is 60.6 cm³/mol. The number of sulfonamides is 1. The second kappa shape index (κ2) is 5.40. The molecule has 1 heterocycles. The van der Waals surface area contributed by atoms with Crippen molar-refractivity contribution in [3.63, 3.8) is 0 Å². The van der Waals surface area contributed by atoms with Crippen molar-refractivity contribution < 1.29 is 31.5 Å². The molecule has 0 aliphatic rings. The van der Waals surface area contributed by atoms with Crippen LogP contribution in [0.1, 0.15) is 11.4 Å². The molecule has 0 unspecified atom stereocenters. The molecule has 0 aliphatic carbocycles. The zero-order valence-corrected chi connectivity index (χ0v) is 11.3. The first-order valence-electron chi connectivity index (χ1n) is 5.26. The lowest BCUT2D eigenvalue weighted by Crippen LogP contribution is -2.34. The van der Waals surface area contributed by atoms with E-state index in [9.17, 15) is 26.4 Å². The van der Waals surface area contributed by atoms with Gasteiger partial charge < -0.3 is 5.11 Å². The number of carbonyl (C=O) groups is 1. The summed E-state index contributed by atoms with van der Waals surface area (Å²) in [6.45, 7) is 0.248. The van der Waals surface area contributed by atoms with E-state index in [1.54, 1.807) is 0 Å². The third-order valence-electron chi connectivity index (χ3n) is 2.33. The standard InChI is InChI=1S/C9H12F3N3O4S/c1-5-8(6(2)15(14-5)3-7(16)17)20(18,19)13-4-9(10,11)12/h13H,3-4H2,1-2H3,(H,16,17). The Labute approximate surface area is 112 Å². The lowest BCUT2D eigenvalue weighted by atomic mass is 10.4. The Morgan fingerprint density at radius 3 is 2.40 bits per heavy atom. The van der Waals surface area contributed by atoms with E-state index in [-0.39, 0.29) is 11.4 Å². The van der Waals surface area contributed by atoms with Crippen molar-refractivity contribution in [1.82, 2.24) is 14.5 Å². The van der Waals surface area contributed by atoms with Gasteiger partial charge in [0.15, 0.2) is 0 Å². The van der Waals surface area contributed by atoms with E-state index >= 15 is 0 Å². The molecule has 0 aromatic carbocycles. The summed E-state index contributed by atoms with van der Waals surface area (Å²) in [6, 6.07) is 0. The summed E-state index contributed by atoms with van der Waals surface area (Å²) in [4.78, 5) is 10.1. The summed E-state index contributed by atoms with van der Waals surface area (Å²) in [5, 5.41) is 12.3. The molecule has 7 nitrogen and oxygen atoms in total. The number of hydrogen-bond donors (Lipinski definition) is 2. The number of aromatic nitrogens is 2. The topological polar surface area (TPSA) is 101 Å². The first-order chi connectivity index (χ1) is 8.94. The van der Waals surface area contributed by atoms with Crippen LogP contribution in [-0.4, -0.2) is 42.0 Å². The molecule has 0 amide bonds. The van der Waals surface area contributed by atoms with Gasteiger partial charge in [-0.2, -0.15) is 18.3 Å². The Hall–Kier alpha value is -1.62. The molecule has 1 aromatic heterocycles. The van der Waals surface area contributed by atoms with Crippen molar-refractivity contribution in [1.29, 1.82) is 0 Å². The van der Waals surface area contributed by atoms with Gasteiger partial charge in [-0.3, -0.25) is 9.48 Å². The van der Waals surface area contributed by atoms with Crippen molar-refractivity contribution in [2.45, 2.75) is 31.5 Å². The van der Waals surface area contributed by atoms with Gasteiger partial charge in [0.05, 0.1) is 11.4 Å². The molecule has 114 valence electrons. The lowest BCUT2D eigenvalue weighted by molar-refractivity contribution is -0.138. The van der Waals surface area contributed by atoms with Gasteiger partial charge >= 0.3 is 12.1 Å². The van der Waals surface area contributed by atoms with Gasteiger partial charge in [-0.25, -0.2) is 13.1 Å². The van der Waals surface area contributed by atoms with Crippen molar-refractivity contribution in [2.75, 3.05) is 6.54 Å². The lowest BCUT2D eigenvalue weighted by Gasteiger charge is -2.09. The minimum Gasteiger partial charge on any atom is -0.480 e. The smallest absolute Gasteiger partial charge is 0.402 e. The van der Waals surface area contributed by atoms with E-state index in [4.69, 9.17) is 5.11 Å². The van der Waals surface area contributed by atoms with Crippen LogP contribution in [0.2, 0.25) is 0 Å². The first kappa shape index (κ1) is 16.4. The summed E-state index contributed by atoms with van der Waals surface area (Å²) in [5.74, 6) is -1.25. The summed E-state index contributed by atoms with van der Waals surface area (Å²) >= 11 is 0. The van der Waals surface area contributed by atoms with Gasteiger partial charge in [0.25, 0.3) is 0 Å². The third kappa shape index (κ3) is 3.93. The highest BCUT2D eigenvalue weighted by Crippen LogP contribution is 2.20. The van der Waals surface area contributed by atoms with Crippen LogP contribution in [0.5, 0.6) is 0 Å². The van der Waals surface area contributed by atoms with Crippen LogP contribution in [0.4, 0.5) is 13.2 Å². The normalized spacial score (nSPS) is 12.7. The number of halogens is 3. The minimum absolute atomic E-state index is 0.0421. The maximum atomic E-state index is 12.1. The molecule has 0 aliphatic heterocycles. The maximum Gasteiger partial charge on any atom is 0.402 e. The molecule has 1 aromatic rings. The third-order valence-corrected chi connectivity index (χ3v) is 3.98. The number of aryl methyl sites for hydroxylation is 1. The average Bonchev–Trinajstić information content (AvgIpc) is 2.50. The monoisotopic (exact) mass is 315 g/mol. The number of nitrogens with zero attached hydrogens (tertiary/aromatic N) is 2. The Balaban J connectivity index is 3.13. The molecule has 0 atom stereocenters. The fraction of sp³-hybridized carbons (Fsp3) is 0.556. The number of nitrogens with one attached hydrogen (secondary N) is 1.